The molecular formula is C11H15N3OS. The Bertz CT molecular complexity index is 392. The van der Waals surface area contributed by atoms with E-state index in [-0.39, 0.29) is 11.8 Å². The smallest absolute Gasteiger partial charge is 0.239 e. The minimum absolute atomic E-state index is 0.179. The van der Waals surface area contributed by atoms with E-state index in [0.717, 1.165) is 5.01 Å². The van der Waals surface area contributed by atoms with E-state index in [0.29, 0.717) is 6.54 Å². The number of thiazole rings is 1. The summed E-state index contributed by atoms with van der Waals surface area (Å²) in [6, 6.07) is 1.97. The summed E-state index contributed by atoms with van der Waals surface area (Å²) >= 11 is 1.57. The number of carbonyl (C=O) groups excluding carboxylic acids is 1. The second-order valence-corrected chi connectivity index (χ2v) is 5.14. The first-order valence-corrected chi connectivity index (χ1v) is 5.94. The third kappa shape index (κ3) is 3.04. The number of nitriles is 1. The molecule has 0 aliphatic heterocycles. The van der Waals surface area contributed by atoms with Gasteiger partial charge in [-0.2, -0.15) is 5.26 Å². The van der Waals surface area contributed by atoms with E-state index in [1.165, 1.54) is 0 Å². The van der Waals surface area contributed by atoms with Crippen molar-refractivity contribution in [3.63, 3.8) is 0 Å². The van der Waals surface area contributed by atoms with Crippen LogP contribution in [-0.4, -0.2) is 17.4 Å². The molecule has 4 nitrogen and oxygen atoms in total. The molecule has 0 bridgehead atoms. The van der Waals surface area contributed by atoms with Gasteiger partial charge in [-0.3, -0.25) is 4.79 Å². The van der Waals surface area contributed by atoms with Crippen molar-refractivity contribution in [2.45, 2.75) is 26.7 Å². The summed E-state index contributed by atoms with van der Waals surface area (Å²) in [6.07, 6.45) is 1.75. The van der Waals surface area contributed by atoms with Crippen LogP contribution < -0.4 is 5.32 Å². The molecule has 1 atom stereocenters. The van der Waals surface area contributed by atoms with E-state index < -0.39 is 5.41 Å². The highest BCUT2D eigenvalue weighted by Gasteiger charge is 2.27. The number of amides is 1. The standard InChI is InChI=1S/C11H15N3OS/c1-8(9-13-4-5-16-9)6-14-10(15)11(2,3)7-12/h4-5,8H,6H2,1-3H3,(H,14,15). The third-order valence-electron chi connectivity index (χ3n) is 2.29. The fourth-order valence-electron chi connectivity index (χ4n) is 1.08. The fraction of sp³-hybridized carbons (Fsp3) is 0.545. The van der Waals surface area contributed by atoms with Gasteiger partial charge in [0.15, 0.2) is 0 Å². The van der Waals surface area contributed by atoms with E-state index in [4.69, 9.17) is 5.26 Å². The highest BCUT2D eigenvalue weighted by molar-refractivity contribution is 7.09. The van der Waals surface area contributed by atoms with Gasteiger partial charge in [-0.25, -0.2) is 4.98 Å². The maximum Gasteiger partial charge on any atom is 0.239 e. The van der Waals surface area contributed by atoms with Gasteiger partial charge in [0.1, 0.15) is 5.41 Å². The number of nitrogens with zero attached hydrogens (tertiary/aromatic N) is 2. The molecule has 86 valence electrons. The number of carbonyl (C=O) groups is 1. The zero-order valence-corrected chi connectivity index (χ0v) is 10.5. The third-order valence-corrected chi connectivity index (χ3v) is 3.30. The average molecular weight is 237 g/mol. The summed E-state index contributed by atoms with van der Waals surface area (Å²) < 4.78 is 0. The summed E-state index contributed by atoms with van der Waals surface area (Å²) in [6.45, 7) is 5.72. The van der Waals surface area contributed by atoms with Crippen LogP contribution in [0.4, 0.5) is 0 Å². The van der Waals surface area contributed by atoms with Crippen LogP contribution in [0.2, 0.25) is 0 Å². The van der Waals surface area contributed by atoms with Gasteiger partial charge in [0.25, 0.3) is 0 Å². The number of hydrogen-bond donors (Lipinski definition) is 1. The monoisotopic (exact) mass is 237 g/mol. The second kappa shape index (κ2) is 5.08. The van der Waals surface area contributed by atoms with Gasteiger partial charge in [-0.05, 0) is 13.8 Å². The summed E-state index contributed by atoms with van der Waals surface area (Å²) in [4.78, 5) is 15.8. The molecular weight excluding hydrogens is 222 g/mol. The lowest BCUT2D eigenvalue weighted by Gasteiger charge is -2.16. The molecule has 1 unspecified atom stereocenters. The van der Waals surface area contributed by atoms with Crippen LogP contribution in [0.5, 0.6) is 0 Å². The molecule has 0 saturated heterocycles. The predicted octanol–water partition coefficient (Wildman–Crippen LogP) is 1.91. The Morgan fingerprint density at radius 1 is 1.75 bits per heavy atom. The Morgan fingerprint density at radius 3 is 2.94 bits per heavy atom. The molecule has 5 heteroatoms. The van der Waals surface area contributed by atoms with Crippen molar-refractivity contribution >= 4 is 17.2 Å². The Hall–Kier alpha value is -1.41. The molecule has 1 N–H and O–H groups in total. The molecule has 1 amide bonds. The van der Waals surface area contributed by atoms with Crippen LogP contribution in [0.1, 0.15) is 31.7 Å². The highest BCUT2D eigenvalue weighted by atomic mass is 32.1. The number of aromatic nitrogens is 1. The van der Waals surface area contributed by atoms with E-state index in [1.807, 2.05) is 18.4 Å². The van der Waals surface area contributed by atoms with Crippen LogP contribution in [0.15, 0.2) is 11.6 Å². The van der Waals surface area contributed by atoms with Crippen molar-refractivity contribution in [1.82, 2.24) is 10.3 Å². The van der Waals surface area contributed by atoms with Crippen molar-refractivity contribution < 1.29 is 4.79 Å². The van der Waals surface area contributed by atoms with Crippen LogP contribution >= 0.6 is 11.3 Å². The molecule has 0 saturated carbocycles. The lowest BCUT2D eigenvalue weighted by Crippen LogP contribution is -2.37. The molecule has 0 fully saturated rings. The number of hydrogen-bond acceptors (Lipinski definition) is 4. The van der Waals surface area contributed by atoms with Crippen LogP contribution in [0, 0.1) is 16.7 Å². The van der Waals surface area contributed by atoms with E-state index in [9.17, 15) is 4.79 Å². The minimum atomic E-state index is -0.970. The van der Waals surface area contributed by atoms with Gasteiger partial charge in [0, 0.05) is 24.0 Å². The summed E-state index contributed by atoms with van der Waals surface area (Å²) in [5.41, 5.74) is -0.970. The molecule has 1 aromatic rings. The lowest BCUT2D eigenvalue weighted by molar-refractivity contribution is -0.126. The van der Waals surface area contributed by atoms with Gasteiger partial charge in [0.2, 0.25) is 5.91 Å². The lowest BCUT2D eigenvalue weighted by atomic mass is 9.94. The molecule has 0 aliphatic rings. The summed E-state index contributed by atoms with van der Waals surface area (Å²) in [5, 5.41) is 14.5. The van der Waals surface area contributed by atoms with Gasteiger partial charge in [-0.1, -0.05) is 6.92 Å². The van der Waals surface area contributed by atoms with Gasteiger partial charge in [0.05, 0.1) is 11.1 Å². The molecule has 1 heterocycles. The first kappa shape index (κ1) is 12.7. The highest BCUT2D eigenvalue weighted by Crippen LogP contribution is 2.18. The summed E-state index contributed by atoms with van der Waals surface area (Å²) in [7, 11) is 0. The first-order chi connectivity index (χ1) is 7.47. The summed E-state index contributed by atoms with van der Waals surface area (Å²) in [5.74, 6) is -0.0585. The maximum atomic E-state index is 11.6. The van der Waals surface area contributed by atoms with Crippen molar-refractivity contribution in [3.05, 3.63) is 16.6 Å². The zero-order chi connectivity index (χ0) is 12.2. The molecule has 1 rings (SSSR count). The molecule has 0 aromatic carbocycles. The van der Waals surface area contributed by atoms with E-state index in [2.05, 4.69) is 10.3 Å². The van der Waals surface area contributed by atoms with Crippen molar-refractivity contribution in [1.29, 1.82) is 5.26 Å². The SMILES string of the molecule is CC(CNC(=O)C(C)(C)C#N)c1nccs1. The largest absolute Gasteiger partial charge is 0.354 e. The second-order valence-electron chi connectivity index (χ2n) is 4.22. The molecule has 0 aliphatic carbocycles. The Morgan fingerprint density at radius 2 is 2.44 bits per heavy atom. The average Bonchev–Trinajstić information content (AvgIpc) is 2.78. The fourth-order valence-corrected chi connectivity index (χ4v) is 1.78. The first-order valence-electron chi connectivity index (χ1n) is 5.06. The van der Waals surface area contributed by atoms with Crippen molar-refractivity contribution in [2.24, 2.45) is 5.41 Å². The van der Waals surface area contributed by atoms with Gasteiger partial charge < -0.3 is 5.32 Å². The van der Waals surface area contributed by atoms with Gasteiger partial charge >= 0.3 is 0 Å². The maximum absolute atomic E-state index is 11.6. The van der Waals surface area contributed by atoms with Crippen LogP contribution in [0.3, 0.4) is 0 Å². The number of nitrogens with one attached hydrogen (secondary N) is 1. The van der Waals surface area contributed by atoms with E-state index in [1.54, 1.807) is 31.4 Å². The Balaban J connectivity index is 2.48. The van der Waals surface area contributed by atoms with E-state index >= 15 is 0 Å². The minimum Gasteiger partial charge on any atom is -0.354 e. The Labute approximate surface area is 99.3 Å². The number of rotatable bonds is 4. The normalized spacial score (nSPS) is 12.9. The van der Waals surface area contributed by atoms with Crippen molar-refractivity contribution in [3.8, 4) is 6.07 Å². The zero-order valence-electron chi connectivity index (χ0n) is 9.65. The van der Waals surface area contributed by atoms with Crippen LogP contribution in [0.25, 0.3) is 0 Å². The molecule has 16 heavy (non-hydrogen) atoms. The van der Waals surface area contributed by atoms with Gasteiger partial charge in [-0.15, -0.1) is 11.3 Å². The van der Waals surface area contributed by atoms with Crippen molar-refractivity contribution in [2.75, 3.05) is 6.54 Å². The molecule has 0 spiro atoms. The molecule has 0 radical (unpaired) electrons. The predicted molar refractivity (Wildman–Crippen MR) is 62.9 cm³/mol. The quantitative estimate of drug-likeness (QED) is 0.870. The molecule has 1 aromatic heterocycles. The topological polar surface area (TPSA) is 65.8 Å². The van der Waals surface area contributed by atoms with Crippen LogP contribution in [-0.2, 0) is 4.79 Å². The Kier molecular flexibility index (Phi) is 4.02.